The summed E-state index contributed by atoms with van der Waals surface area (Å²) in [5.41, 5.74) is -0.287. The molecule has 86 valence electrons. The Hall–Kier alpha value is -1.16. The highest BCUT2D eigenvalue weighted by atomic mass is 32.2. The van der Waals surface area contributed by atoms with E-state index in [-0.39, 0.29) is 5.75 Å². The van der Waals surface area contributed by atoms with Gasteiger partial charge in [0.05, 0.1) is 5.41 Å². The van der Waals surface area contributed by atoms with Crippen molar-refractivity contribution in [1.82, 2.24) is 0 Å². The Morgan fingerprint density at radius 3 is 2.50 bits per heavy atom. The van der Waals surface area contributed by atoms with Crippen LogP contribution in [-0.4, -0.2) is 22.4 Å². The summed E-state index contributed by atoms with van der Waals surface area (Å²) in [4.78, 5) is 12.2. The van der Waals surface area contributed by atoms with Crippen molar-refractivity contribution >= 4 is 17.7 Å². The molecule has 0 spiro atoms. The largest absolute Gasteiger partial charge is 0.508 e. The summed E-state index contributed by atoms with van der Waals surface area (Å²) in [6.07, 6.45) is 4.07. The molecule has 0 bridgehead atoms. The Balaban J connectivity index is 2.43. The average molecular weight is 238 g/mol. The van der Waals surface area contributed by atoms with Crippen LogP contribution in [0.2, 0.25) is 0 Å². The third-order valence-corrected chi connectivity index (χ3v) is 4.06. The predicted molar refractivity (Wildman–Crippen MR) is 63.1 cm³/mol. The number of hydrogen-bond donors (Lipinski definition) is 2. The zero-order valence-corrected chi connectivity index (χ0v) is 9.88. The molecular formula is C12H14O3S. The minimum Gasteiger partial charge on any atom is -0.508 e. The van der Waals surface area contributed by atoms with E-state index in [9.17, 15) is 15.0 Å². The summed E-state index contributed by atoms with van der Waals surface area (Å²) in [5.74, 6) is -0.722. The Bertz CT molecular complexity index is 424. The van der Waals surface area contributed by atoms with Gasteiger partial charge in [-0.3, -0.25) is 4.79 Å². The zero-order valence-electron chi connectivity index (χ0n) is 9.06. The lowest BCUT2D eigenvalue weighted by Crippen LogP contribution is -2.42. The quantitative estimate of drug-likeness (QED) is 0.795. The third kappa shape index (κ3) is 1.57. The number of carbonyl (C=O) groups is 1. The number of carboxylic acid groups (broad SMARTS) is 1. The Kier molecular flexibility index (Phi) is 2.84. The molecule has 2 N–H and O–H groups in total. The lowest BCUT2D eigenvalue weighted by molar-refractivity contribution is -0.147. The Morgan fingerprint density at radius 2 is 2.12 bits per heavy atom. The third-order valence-electron chi connectivity index (χ3n) is 3.34. The molecule has 3 nitrogen and oxygen atoms in total. The van der Waals surface area contributed by atoms with E-state index in [1.165, 1.54) is 11.8 Å². The van der Waals surface area contributed by atoms with Gasteiger partial charge in [-0.05, 0) is 31.2 Å². The molecule has 4 heteroatoms. The van der Waals surface area contributed by atoms with Crippen molar-refractivity contribution in [2.45, 2.75) is 29.6 Å². The van der Waals surface area contributed by atoms with Crippen molar-refractivity contribution in [3.8, 4) is 5.75 Å². The lowest BCUT2D eigenvalue weighted by Gasteiger charge is -2.38. The van der Waals surface area contributed by atoms with Crippen molar-refractivity contribution in [3.63, 3.8) is 0 Å². The van der Waals surface area contributed by atoms with Crippen LogP contribution in [0.1, 0.15) is 24.8 Å². The van der Waals surface area contributed by atoms with Gasteiger partial charge in [0.1, 0.15) is 5.75 Å². The summed E-state index contributed by atoms with van der Waals surface area (Å²) in [5, 5.41) is 19.2. The van der Waals surface area contributed by atoms with E-state index < -0.39 is 11.4 Å². The highest BCUT2D eigenvalue weighted by Gasteiger charge is 2.47. The molecule has 1 aromatic carbocycles. The first-order chi connectivity index (χ1) is 7.60. The maximum atomic E-state index is 11.3. The second-order valence-electron chi connectivity index (χ2n) is 4.12. The first-order valence-corrected chi connectivity index (χ1v) is 6.43. The Morgan fingerprint density at radius 1 is 1.44 bits per heavy atom. The fourth-order valence-corrected chi connectivity index (χ4v) is 2.61. The van der Waals surface area contributed by atoms with E-state index in [0.29, 0.717) is 18.4 Å². The second-order valence-corrected chi connectivity index (χ2v) is 5.00. The topological polar surface area (TPSA) is 57.5 Å². The number of benzene rings is 1. The molecule has 0 radical (unpaired) electrons. The fourth-order valence-electron chi connectivity index (χ4n) is 2.17. The molecule has 0 aromatic heterocycles. The molecule has 0 aliphatic heterocycles. The smallest absolute Gasteiger partial charge is 0.314 e. The minimum absolute atomic E-state index is 0.106. The van der Waals surface area contributed by atoms with Crippen molar-refractivity contribution in [2.75, 3.05) is 6.26 Å². The van der Waals surface area contributed by atoms with Crippen LogP contribution < -0.4 is 0 Å². The van der Waals surface area contributed by atoms with Gasteiger partial charge in [-0.15, -0.1) is 11.8 Å². The monoisotopic (exact) mass is 238 g/mol. The summed E-state index contributed by atoms with van der Waals surface area (Å²) >= 11 is 1.53. The predicted octanol–water partition coefficient (Wildman–Crippen LogP) is 2.62. The normalized spacial score (nSPS) is 17.8. The van der Waals surface area contributed by atoms with E-state index in [1.807, 2.05) is 12.3 Å². The number of phenolic OH excluding ortho intramolecular Hbond substituents is 1. The lowest BCUT2D eigenvalue weighted by atomic mass is 9.64. The van der Waals surface area contributed by atoms with Crippen LogP contribution in [0.4, 0.5) is 0 Å². The van der Waals surface area contributed by atoms with Crippen LogP contribution in [0.3, 0.4) is 0 Å². The molecule has 1 fully saturated rings. The summed E-state index contributed by atoms with van der Waals surface area (Å²) in [6.45, 7) is 0. The molecule has 2 rings (SSSR count). The van der Waals surface area contributed by atoms with E-state index in [2.05, 4.69) is 0 Å². The molecule has 0 heterocycles. The summed E-state index contributed by atoms with van der Waals surface area (Å²) in [7, 11) is 0. The molecule has 1 saturated carbocycles. The van der Waals surface area contributed by atoms with Gasteiger partial charge in [0.15, 0.2) is 0 Å². The number of phenols is 1. The first-order valence-electron chi connectivity index (χ1n) is 5.21. The molecule has 1 aliphatic rings. The Labute approximate surface area is 98.5 Å². The van der Waals surface area contributed by atoms with Crippen LogP contribution in [0.25, 0.3) is 0 Å². The van der Waals surface area contributed by atoms with Crippen LogP contribution >= 0.6 is 11.8 Å². The van der Waals surface area contributed by atoms with Gasteiger partial charge >= 0.3 is 5.97 Å². The molecule has 1 aromatic rings. The fraction of sp³-hybridized carbons (Fsp3) is 0.417. The molecular weight excluding hydrogens is 224 g/mol. The SMILES string of the molecule is CSc1ccc(C2(C(=O)O)CCC2)c(O)c1. The van der Waals surface area contributed by atoms with Gasteiger partial charge in [0.25, 0.3) is 0 Å². The van der Waals surface area contributed by atoms with Crippen molar-refractivity contribution in [3.05, 3.63) is 23.8 Å². The summed E-state index contributed by atoms with van der Waals surface area (Å²) < 4.78 is 0. The number of hydrogen-bond acceptors (Lipinski definition) is 3. The van der Waals surface area contributed by atoms with Crippen LogP contribution in [-0.2, 0) is 10.2 Å². The highest BCUT2D eigenvalue weighted by Crippen LogP contribution is 2.47. The van der Waals surface area contributed by atoms with Gasteiger partial charge in [-0.25, -0.2) is 0 Å². The highest BCUT2D eigenvalue weighted by molar-refractivity contribution is 7.98. The molecule has 16 heavy (non-hydrogen) atoms. The number of aromatic hydroxyl groups is 1. The minimum atomic E-state index is -0.846. The van der Waals surface area contributed by atoms with Crippen LogP contribution in [0.5, 0.6) is 5.75 Å². The van der Waals surface area contributed by atoms with E-state index in [4.69, 9.17) is 0 Å². The van der Waals surface area contributed by atoms with Gasteiger partial charge in [0, 0.05) is 10.5 Å². The van der Waals surface area contributed by atoms with Crippen LogP contribution in [0.15, 0.2) is 23.1 Å². The van der Waals surface area contributed by atoms with Crippen molar-refractivity contribution < 1.29 is 15.0 Å². The van der Waals surface area contributed by atoms with Gasteiger partial charge in [-0.2, -0.15) is 0 Å². The maximum absolute atomic E-state index is 11.3. The van der Waals surface area contributed by atoms with E-state index in [1.54, 1.807) is 12.1 Å². The molecule has 0 saturated heterocycles. The molecule has 1 aliphatic carbocycles. The van der Waals surface area contributed by atoms with E-state index in [0.717, 1.165) is 11.3 Å². The molecule has 0 amide bonds. The zero-order chi connectivity index (χ0) is 11.8. The van der Waals surface area contributed by atoms with Crippen LogP contribution in [0, 0.1) is 0 Å². The number of rotatable bonds is 3. The van der Waals surface area contributed by atoms with E-state index >= 15 is 0 Å². The van der Waals surface area contributed by atoms with Crippen molar-refractivity contribution in [2.24, 2.45) is 0 Å². The van der Waals surface area contributed by atoms with Crippen molar-refractivity contribution in [1.29, 1.82) is 0 Å². The number of aliphatic carboxylic acids is 1. The van der Waals surface area contributed by atoms with Gasteiger partial charge < -0.3 is 10.2 Å². The second kappa shape index (κ2) is 4.01. The molecule has 0 atom stereocenters. The molecule has 0 unspecified atom stereocenters. The number of carboxylic acids is 1. The number of thioether (sulfide) groups is 1. The summed E-state index contributed by atoms with van der Waals surface area (Å²) in [6, 6.07) is 5.25. The maximum Gasteiger partial charge on any atom is 0.314 e. The average Bonchev–Trinajstić information content (AvgIpc) is 2.18. The van der Waals surface area contributed by atoms with Gasteiger partial charge in [-0.1, -0.05) is 12.5 Å². The first kappa shape index (κ1) is 11.3. The van der Waals surface area contributed by atoms with Gasteiger partial charge in [0.2, 0.25) is 0 Å². The standard InChI is InChI=1S/C12H14O3S/c1-16-8-3-4-9(10(13)7-8)12(11(14)15)5-2-6-12/h3-4,7,13H,2,5-6H2,1H3,(H,14,15).